The maximum absolute atomic E-state index is 13.8. The number of aromatic nitrogens is 1. The fourth-order valence-corrected chi connectivity index (χ4v) is 6.03. The van der Waals surface area contributed by atoms with Crippen molar-refractivity contribution in [3.05, 3.63) is 56.9 Å². The molecule has 6 rings (SSSR count). The Kier molecular flexibility index (Phi) is 5.63. The molecule has 1 aliphatic carbocycles. The van der Waals surface area contributed by atoms with Gasteiger partial charge in [-0.3, -0.25) is 14.6 Å². The largest absolute Gasteiger partial charge is 0.454 e. The fourth-order valence-electron chi connectivity index (χ4n) is 5.14. The third kappa shape index (κ3) is 3.57. The molecule has 0 radical (unpaired) electrons. The Morgan fingerprint density at radius 2 is 1.66 bits per heavy atom. The number of ketones is 1. The Morgan fingerprint density at radius 3 is 2.34 bits per heavy atom. The predicted octanol–water partition coefficient (Wildman–Crippen LogP) is 3.24. The summed E-state index contributed by atoms with van der Waals surface area (Å²) in [6.07, 6.45) is 2.53. The lowest BCUT2D eigenvalue weighted by molar-refractivity contribution is 0.104. The second-order valence-electron chi connectivity index (χ2n) is 8.82. The number of aliphatic hydroxyl groups is 2. The van der Waals surface area contributed by atoms with Gasteiger partial charge in [-0.1, -0.05) is 0 Å². The molecule has 0 saturated carbocycles. The zero-order valence-corrected chi connectivity index (χ0v) is 19.8. The summed E-state index contributed by atoms with van der Waals surface area (Å²) in [5, 5.41) is 21.7. The van der Waals surface area contributed by atoms with Crippen molar-refractivity contribution in [3.63, 3.8) is 0 Å². The van der Waals surface area contributed by atoms with Crippen LogP contribution < -0.4 is 15.0 Å². The molecule has 9 heteroatoms. The van der Waals surface area contributed by atoms with E-state index in [9.17, 15) is 19.8 Å². The molecule has 3 heterocycles. The number of fused-ring (bicyclic) bond motifs is 6. The fraction of sp³-hybridized carbons (Fsp3) is 0.346. The molecule has 0 atom stereocenters. The number of pyridine rings is 1. The van der Waals surface area contributed by atoms with Crippen LogP contribution in [0.15, 0.2) is 34.1 Å². The lowest BCUT2D eigenvalue weighted by Crippen LogP contribution is -2.24. The van der Waals surface area contributed by atoms with Crippen LogP contribution in [0, 0.1) is 0 Å². The van der Waals surface area contributed by atoms with E-state index in [1.807, 2.05) is 0 Å². The maximum Gasteiger partial charge on any atom is 0.258 e. The molecular weight excluding hydrogens is 468 g/mol. The van der Waals surface area contributed by atoms with Crippen LogP contribution >= 0.6 is 11.8 Å². The molecule has 1 aromatic heterocycles. The summed E-state index contributed by atoms with van der Waals surface area (Å²) < 4.78 is 12.7. The van der Waals surface area contributed by atoms with Crippen molar-refractivity contribution in [2.24, 2.45) is 4.99 Å². The van der Waals surface area contributed by atoms with Crippen LogP contribution in [0.1, 0.15) is 46.3 Å². The van der Waals surface area contributed by atoms with Gasteiger partial charge in [-0.15, -0.1) is 11.8 Å². The highest BCUT2D eigenvalue weighted by Crippen LogP contribution is 2.46. The summed E-state index contributed by atoms with van der Waals surface area (Å²) in [5.41, 5.74) is 2.89. The van der Waals surface area contributed by atoms with Crippen LogP contribution in [0.2, 0.25) is 0 Å². The summed E-state index contributed by atoms with van der Waals surface area (Å²) in [4.78, 5) is 32.0. The third-order valence-corrected chi connectivity index (χ3v) is 7.90. The maximum atomic E-state index is 13.8. The van der Waals surface area contributed by atoms with Gasteiger partial charge in [0.1, 0.15) is 0 Å². The first-order chi connectivity index (χ1) is 17.1. The molecule has 0 unspecified atom stereocenters. The van der Waals surface area contributed by atoms with Crippen molar-refractivity contribution in [3.8, 4) is 22.8 Å². The number of nitrogens with zero attached hydrogens (tertiary/aromatic N) is 2. The van der Waals surface area contributed by atoms with E-state index in [-0.39, 0.29) is 31.3 Å². The highest BCUT2D eigenvalue weighted by atomic mass is 32.2. The number of unbranched alkanes of at least 4 members (excludes halogenated alkanes) is 1. The van der Waals surface area contributed by atoms with Crippen molar-refractivity contribution in [1.29, 1.82) is 0 Å². The number of carbonyl (C=O) groups is 1. The SMILES string of the molecule is O=C1c2cc3c(cc2-c2c1c1cc(CO)c(CO)cc1c(=O)n2CCCCC1=NCCS1)OCO3. The molecular formula is C26H24N2O6S. The number of carbonyl (C=O) groups excluding carboxylic acids is 1. The van der Waals surface area contributed by atoms with Crippen molar-refractivity contribution in [1.82, 2.24) is 4.57 Å². The molecule has 0 amide bonds. The molecule has 0 bridgehead atoms. The first-order valence-corrected chi connectivity index (χ1v) is 12.7. The minimum Gasteiger partial charge on any atom is -0.454 e. The average Bonchev–Trinajstić information content (AvgIpc) is 3.62. The predicted molar refractivity (Wildman–Crippen MR) is 134 cm³/mol. The number of aliphatic hydroxyl groups excluding tert-OH is 2. The molecule has 3 aliphatic rings. The molecule has 2 aromatic carbocycles. The smallest absolute Gasteiger partial charge is 0.258 e. The Bertz CT molecular complexity index is 1480. The highest BCUT2D eigenvalue weighted by Gasteiger charge is 2.35. The van der Waals surface area contributed by atoms with Gasteiger partial charge in [0, 0.05) is 40.7 Å². The van der Waals surface area contributed by atoms with Crippen LogP contribution in [-0.2, 0) is 19.8 Å². The second-order valence-corrected chi connectivity index (χ2v) is 9.99. The van der Waals surface area contributed by atoms with Crippen molar-refractivity contribution in [2.45, 2.75) is 39.0 Å². The second kappa shape index (κ2) is 8.82. The summed E-state index contributed by atoms with van der Waals surface area (Å²) in [6, 6.07) is 6.73. The zero-order chi connectivity index (χ0) is 24.1. The first kappa shape index (κ1) is 22.3. The molecule has 8 nitrogen and oxygen atoms in total. The molecule has 0 saturated heterocycles. The van der Waals surface area contributed by atoms with Crippen LogP contribution in [0.4, 0.5) is 0 Å². The van der Waals surface area contributed by atoms with E-state index in [2.05, 4.69) is 4.99 Å². The highest BCUT2D eigenvalue weighted by molar-refractivity contribution is 8.14. The van der Waals surface area contributed by atoms with E-state index in [1.54, 1.807) is 40.6 Å². The lowest BCUT2D eigenvalue weighted by atomic mass is 9.97. The monoisotopic (exact) mass is 492 g/mol. The minimum absolute atomic E-state index is 0.0928. The number of aliphatic imine (C=N–C) groups is 1. The molecule has 2 N–H and O–H groups in total. The number of hydrogen-bond donors (Lipinski definition) is 2. The molecule has 3 aromatic rings. The molecule has 35 heavy (non-hydrogen) atoms. The van der Waals surface area contributed by atoms with Crippen molar-refractivity contribution < 1.29 is 24.5 Å². The van der Waals surface area contributed by atoms with Crippen molar-refractivity contribution >= 4 is 33.4 Å². The Labute approximate surface area is 205 Å². The van der Waals surface area contributed by atoms with Gasteiger partial charge in [0.25, 0.3) is 5.56 Å². The number of rotatable bonds is 7. The molecule has 0 fully saturated rings. The Morgan fingerprint density at radius 1 is 0.943 bits per heavy atom. The quantitative estimate of drug-likeness (QED) is 0.381. The standard InChI is InChI=1S/C26H24N2O6S/c29-11-14-7-16-19(8-15(14)12-30)26(32)28(5-2-1-3-22-27-4-6-35-22)24-17-9-20-21(34-13-33-20)10-18(17)25(31)23(16)24/h7-10,29-30H,1-6,11-13H2. The number of thioether (sulfide) groups is 1. The summed E-state index contributed by atoms with van der Waals surface area (Å²) in [7, 11) is 0. The van der Waals surface area contributed by atoms with Gasteiger partial charge in [-0.05, 0) is 54.7 Å². The topological polar surface area (TPSA) is 110 Å². The Balaban J connectivity index is 1.51. The van der Waals surface area contributed by atoms with Gasteiger partial charge in [0.2, 0.25) is 6.79 Å². The lowest BCUT2D eigenvalue weighted by Gasteiger charge is -2.17. The van der Waals surface area contributed by atoms with E-state index in [0.29, 0.717) is 62.3 Å². The van der Waals surface area contributed by atoms with E-state index >= 15 is 0 Å². The molecule has 0 spiro atoms. The van der Waals surface area contributed by atoms with Gasteiger partial charge >= 0.3 is 0 Å². The number of hydrogen-bond acceptors (Lipinski definition) is 8. The van der Waals surface area contributed by atoms with E-state index < -0.39 is 0 Å². The van der Waals surface area contributed by atoms with E-state index in [4.69, 9.17) is 9.47 Å². The zero-order valence-electron chi connectivity index (χ0n) is 19.0. The number of benzene rings is 2. The summed E-state index contributed by atoms with van der Waals surface area (Å²) in [5.74, 6) is 1.90. The van der Waals surface area contributed by atoms with Crippen LogP contribution in [-0.4, -0.2) is 44.7 Å². The van der Waals surface area contributed by atoms with Crippen LogP contribution in [0.5, 0.6) is 11.5 Å². The van der Waals surface area contributed by atoms with E-state index in [1.165, 1.54) is 5.04 Å². The van der Waals surface area contributed by atoms with Gasteiger partial charge in [-0.2, -0.15) is 0 Å². The van der Waals surface area contributed by atoms with Gasteiger partial charge in [0.05, 0.1) is 29.5 Å². The van der Waals surface area contributed by atoms with Gasteiger partial charge in [0.15, 0.2) is 17.3 Å². The van der Waals surface area contributed by atoms with Gasteiger partial charge in [-0.25, -0.2) is 0 Å². The van der Waals surface area contributed by atoms with E-state index in [0.717, 1.165) is 31.6 Å². The summed E-state index contributed by atoms with van der Waals surface area (Å²) >= 11 is 1.79. The Hall–Kier alpha value is -3.14. The van der Waals surface area contributed by atoms with Gasteiger partial charge < -0.3 is 24.3 Å². The summed E-state index contributed by atoms with van der Waals surface area (Å²) in [6.45, 7) is 0.804. The number of ether oxygens (including phenoxy) is 2. The van der Waals surface area contributed by atoms with Crippen molar-refractivity contribution in [2.75, 3.05) is 19.1 Å². The average molecular weight is 493 g/mol. The normalized spacial score (nSPS) is 15.6. The van der Waals surface area contributed by atoms with Crippen LogP contribution in [0.3, 0.4) is 0 Å². The van der Waals surface area contributed by atoms with Crippen LogP contribution in [0.25, 0.3) is 22.0 Å². The minimum atomic E-state index is -0.308. The third-order valence-electron chi connectivity index (χ3n) is 6.84. The first-order valence-electron chi connectivity index (χ1n) is 11.7. The molecule has 2 aliphatic heterocycles. The molecule has 180 valence electrons.